The zero-order chi connectivity index (χ0) is 21.0. The predicted octanol–water partition coefficient (Wildman–Crippen LogP) is 4.61. The first kappa shape index (κ1) is 23.6. The second kappa shape index (κ2) is 9.92. The quantitative estimate of drug-likeness (QED) is 0.473. The van der Waals surface area contributed by atoms with Gasteiger partial charge in [0.15, 0.2) is 5.58 Å². The number of ether oxygens (including phenoxy) is 1. The van der Waals surface area contributed by atoms with Gasteiger partial charge in [0.1, 0.15) is 11.3 Å². The molecular weight excluding hydrogens is 399 g/mol. The fourth-order valence-electron chi connectivity index (χ4n) is 2.92. The number of fused-ring (bicyclic) bond motifs is 1. The first-order valence-corrected chi connectivity index (χ1v) is 9.66. The molecular formula is C22H31N4O3P. The summed E-state index contributed by atoms with van der Waals surface area (Å²) >= 11 is 0. The van der Waals surface area contributed by atoms with E-state index >= 15 is 0 Å². The molecule has 162 valence electrons. The summed E-state index contributed by atoms with van der Waals surface area (Å²) in [6.07, 6.45) is 1.04. The Morgan fingerprint density at radius 1 is 1.20 bits per heavy atom. The molecule has 0 aliphatic heterocycles. The fourth-order valence-corrected chi connectivity index (χ4v) is 2.92. The molecule has 30 heavy (non-hydrogen) atoms. The number of anilines is 3. The predicted molar refractivity (Wildman–Crippen MR) is 127 cm³/mol. The highest BCUT2D eigenvalue weighted by Crippen LogP contribution is 2.32. The number of carbonyl (C=O) groups excluding carboxylic acids is 1. The standard InChI is InChI=1S/C22H28N4O3.H3P/c1-22(2,3)14-7-10-18-17(12-14)26-21(29-18)25-16-9-8-15(13-19(16)28-4)24-20(27)6-5-11-23;/h7-10,12-13H,5-6,11,23H2,1-4H3,(H,24,27)(H,25,26);1H3. The number of rotatable bonds is 7. The monoisotopic (exact) mass is 430 g/mol. The molecule has 7 nitrogen and oxygen atoms in total. The number of hydrogen-bond donors (Lipinski definition) is 3. The molecule has 0 aliphatic carbocycles. The average Bonchev–Trinajstić information content (AvgIpc) is 3.08. The first-order chi connectivity index (χ1) is 13.8. The topological polar surface area (TPSA) is 102 Å². The van der Waals surface area contributed by atoms with Crippen LogP contribution in [0.3, 0.4) is 0 Å². The molecule has 1 amide bonds. The summed E-state index contributed by atoms with van der Waals surface area (Å²) in [5.41, 5.74) is 9.52. The van der Waals surface area contributed by atoms with Gasteiger partial charge >= 0.3 is 0 Å². The molecule has 1 atom stereocenters. The Morgan fingerprint density at radius 2 is 1.97 bits per heavy atom. The summed E-state index contributed by atoms with van der Waals surface area (Å²) in [6.45, 7) is 6.97. The van der Waals surface area contributed by atoms with Crippen LogP contribution in [-0.2, 0) is 10.2 Å². The average molecular weight is 430 g/mol. The van der Waals surface area contributed by atoms with Crippen molar-refractivity contribution in [2.75, 3.05) is 24.3 Å². The molecule has 4 N–H and O–H groups in total. The molecule has 0 radical (unpaired) electrons. The van der Waals surface area contributed by atoms with E-state index in [0.29, 0.717) is 48.1 Å². The molecule has 0 fully saturated rings. The molecule has 1 unspecified atom stereocenters. The minimum absolute atomic E-state index is 0. The molecule has 0 spiro atoms. The van der Waals surface area contributed by atoms with Crippen LogP contribution in [0.15, 0.2) is 40.8 Å². The fraction of sp³-hybridized carbons (Fsp3) is 0.364. The number of carbonyl (C=O) groups is 1. The van der Waals surface area contributed by atoms with Crippen molar-refractivity contribution in [2.45, 2.75) is 39.0 Å². The van der Waals surface area contributed by atoms with E-state index in [9.17, 15) is 4.79 Å². The van der Waals surface area contributed by atoms with Gasteiger partial charge in [0.2, 0.25) is 5.91 Å². The Labute approximate surface area is 180 Å². The maximum Gasteiger partial charge on any atom is 0.300 e. The van der Waals surface area contributed by atoms with Gasteiger partial charge in [-0.1, -0.05) is 26.8 Å². The van der Waals surface area contributed by atoms with Crippen LogP contribution in [-0.4, -0.2) is 24.5 Å². The van der Waals surface area contributed by atoms with Gasteiger partial charge in [-0.3, -0.25) is 4.79 Å². The normalized spacial score (nSPS) is 11.1. The summed E-state index contributed by atoms with van der Waals surface area (Å²) < 4.78 is 11.3. The number of benzene rings is 2. The summed E-state index contributed by atoms with van der Waals surface area (Å²) in [5.74, 6) is 0.492. The van der Waals surface area contributed by atoms with Gasteiger partial charge in [0, 0.05) is 18.2 Å². The number of hydrogen-bond acceptors (Lipinski definition) is 6. The summed E-state index contributed by atoms with van der Waals surface area (Å²) in [7, 11) is 1.57. The van der Waals surface area contributed by atoms with Gasteiger partial charge in [0.05, 0.1) is 12.8 Å². The highest BCUT2D eigenvalue weighted by molar-refractivity contribution is 6.92. The third-order valence-electron chi connectivity index (χ3n) is 4.59. The Bertz CT molecular complexity index is 1010. The van der Waals surface area contributed by atoms with Gasteiger partial charge in [-0.15, -0.1) is 0 Å². The number of nitrogens with one attached hydrogen (secondary N) is 2. The molecule has 3 aromatic rings. The van der Waals surface area contributed by atoms with Crippen LogP contribution in [0.4, 0.5) is 17.4 Å². The molecule has 1 aromatic heterocycles. The van der Waals surface area contributed by atoms with E-state index in [-0.39, 0.29) is 21.2 Å². The Balaban J connectivity index is 0.00000320. The molecule has 0 saturated carbocycles. The lowest BCUT2D eigenvalue weighted by molar-refractivity contribution is -0.116. The first-order valence-electron chi connectivity index (χ1n) is 9.66. The van der Waals surface area contributed by atoms with Crippen molar-refractivity contribution in [2.24, 2.45) is 5.73 Å². The van der Waals surface area contributed by atoms with Gasteiger partial charge in [-0.2, -0.15) is 14.9 Å². The third-order valence-corrected chi connectivity index (χ3v) is 4.59. The second-order valence-corrected chi connectivity index (χ2v) is 7.93. The second-order valence-electron chi connectivity index (χ2n) is 7.93. The van der Waals surface area contributed by atoms with Crippen molar-refractivity contribution in [3.63, 3.8) is 0 Å². The van der Waals surface area contributed by atoms with E-state index in [4.69, 9.17) is 14.9 Å². The Kier molecular flexibility index (Phi) is 7.82. The number of oxazole rings is 1. The van der Waals surface area contributed by atoms with Crippen LogP contribution in [0.2, 0.25) is 0 Å². The number of aromatic nitrogens is 1. The lowest BCUT2D eigenvalue weighted by atomic mass is 9.87. The van der Waals surface area contributed by atoms with Crippen molar-refractivity contribution in [3.05, 3.63) is 42.0 Å². The van der Waals surface area contributed by atoms with Crippen molar-refractivity contribution in [1.29, 1.82) is 0 Å². The van der Waals surface area contributed by atoms with Crippen molar-refractivity contribution in [1.82, 2.24) is 4.98 Å². The van der Waals surface area contributed by atoms with E-state index in [1.165, 1.54) is 5.56 Å². The smallest absolute Gasteiger partial charge is 0.300 e. The van der Waals surface area contributed by atoms with Crippen LogP contribution < -0.4 is 21.1 Å². The lowest BCUT2D eigenvalue weighted by Crippen LogP contribution is -2.13. The van der Waals surface area contributed by atoms with E-state index in [2.05, 4.69) is 42.5 Å². The minimum Gasteiger partial charge on any atom is -0.494 e. The molecule has 3 rings (SSSR count). The third kappa shape index (κ3) is 5.71. The minimum atomic E-state index is -0.0770. The van der Waals surface area contributed by atoms with Crippen LogP contribution in [0.25, 0.3) is 11.1 Å². The molecule has 0 aliphatic rings. The molecule has 8 heteroatoms. The molecule has 0 saturated heterocycles. The highest BCUT2D eigenvalue weighted by Gasteiger charge is 2.16. The van der Waals surface area contributed by atoms with Crippen molar-refractivity contribution >= 4 is 44.3 Å². The Morgan fingerprint density at radius 3 is 2.63 bits per heavy atom. The number of amides is 1. The SMILES string of the molecule is COc1cc(NC(=O)CCCN)ccc1Nc1nc2cc(C(C)(C)C)ccc2o1.P. The van der Waals surface area contributed by atoms with Gasteiger partial charge in [-0.25, -0.2) is 0 Å². The number of methoxy groups -OCH3 is 1. The largest absolute Gasteiger partial charge is 0.494 e. The number of nitrogens with two attached hydrogens (primary N) is 1. The maximum absolute atomic E-state index is 11.9. The van der Waals surface area contributed by atoms with Crippen LogP contribution in [0.1, 0.15) is 39.2 Å². The summed E-state index contributed by atoms with van der Waals surface area (Å²) in [4.78, 5) is 16.4. The zero-order valence-corrected chi connectivity index (χ0v) is 19.5. The lowest BCUT2D eigenvalue weighted by Gasteiger charge is -2.18. The van der Waals surface area contributed by atoms with E-state index in [1.807, 2.05) is 18.2 Å². The molecule has 2 aromatic carbocycles. The van der Waals surface area contributed by atoms with E-state index in [0.717, 1.165) is 5.52 Å². The Hall–Kier alpha value is -2.63. The van der Waals surface area contributed by atoms with Gasteiger partial charge < -0.3 is 25.5 Å². The van der Waals surface area contributed by atoms with Crippen LogP contribution >= 0.6 is 9.90 Å². The van der Waals surface area contributed by atoms with Crippen molar-refractivity contribution < 1.29 is 13.9 Å². The van der Waals surface area contributed by atoms with Gasteiger partial charge in [0.25, 0.3) is 6.01 Å². The van der Waals surface area contributed by atoms with Crippen LogP contribution in [0, 0.1) is 0 Å². The van der Waals surface area contributed by atoms with E-state index < -0.39 is 0 Å². The summed E-state index contributed by atoms with van der Waals surface area (Å²) in [5, 5.41) is 6.00. The molecule has 1 heterocycles. The summed E-state index contributed by atoms with van der Waals surface area (Å²) in [6, 6.07) is 11.8. The highest BCUT2D eigenvalue weighted by atomic mass is 31.0. The van der Waals surface area contributed by atoms with Crippen LogP contribution in [0.5, 0.6) is 5.75 Å². The van der Waals surface area contributed by atoms with Crippen molar-refractivity contribution in [3.8, 4) is 5.75 Å². The zero-order valence-electron chi connectivity index (χ0n) is 18.0. The van der Waals surface area contributed by atoms with E-state index in [1.54, 1.807) is 19.2 Å². The maximum atomic E-state index is 11.9. The molecule has 0 bridgehead atoms. The van der Waals surface area contributed by atoms with Gasteiger partial charge in [-0.05, 0) is 48.2 Å². The number of nitrogens with zero attached hydrogens (tertiary/aromatic N) is 1.